The lowest BCUT2D eigenvalue weighted by Gasteiger charge is -2.02. The van der Waals surface area contributed by atoms with Crippen molar-refractivity contribution in [1.82, 2.24) is 9.97 Å². The molecule has 0 amide bonds. The van der Waals surface area contributed by atoms with Gasteiger partial charge in [-0.05, 0) is 12.0 Å². The monoisotopic (exact) mass is 162 g/mol. The normalized spacial score (nSPS) is 11.2. The molecule has 0 aliphatic carbocycles. The van der Waals surface area contributed by atoms with Gasteiger partial charge in [0.15, 0.2) is 0 Å². The molecule has 0 aliphatic heterocycles. The van der Waals surface area contributed by atoms with Gasteiger partial charge in [-0.2, -0.15) is 0 Å². The molecule has 0 unspecified atom stereocenters. The summed E-state index contributed by atoms with van der Waals surface area (Å²) < 4.78 is 5.16. The van der Waals surface area contributed by atoms with E-state index in [1.807, 2.05) is 6.07 Å². The lowest BCUT2D eigenvalue weighted by molar-refractivity contribution is 0.601. The average Bonchev–Trinajstić information content (AvgIpc) is 2.49. The molecule has 0 radical (unpaired) electrons. The van der Waals surface area contributed by atoms with Gasteiger partial charge in [0.25, 0.3) is 0 Å². The van der Waals surface area contributed by atoms with Crippen molar-refractivity contribution in [3.05, 3.63) is 24.4 Å². The maximum atomic E-state index is 5.16. The van der Waals surface area contributed by atoms with Crippen molar-refractivity contribution in [3.8, 4) is 0 Å². The lowest BCUT2D eigenvalue weighted by atomic mass is 10.1. The van der Waals surface area contributed by atoms with Crippen molar-refractivity contribution in [3.63, 3.8) is 0 Å². The van der Waals surface area contributed by atoms with E-state index >= 15 is 0 Å². The predicted octanol–water partition coefficient (Wildman–Crippen LogP) is 2.35. The van der Waals surface area contributed by atoms with Crippen molar-refractivity contribution in [2.24, 2.45) is 0 Å². The summed E-state index contributed by atoms with van der Waals surface area (Å²) >= 11 is 0. The van der Waals surface area contributed by atoms with Gasteiger partial charge in [0.05, 0.1) is 17.3 Å². The summed E-state index contributed by atoms with van der Waals surface area (Å²) in [7, 11) is 0. The highest BCUT2D eigenvalue weighted by molar-refractivity contribution is 5.75. The van der Waals surface area contributed by atoms with Crippen LogP contribution in [0.5, 0.6) is 0 Å². The van der Waals surface area contributed by atoms with Crippen LogP contribution in [0.25, 0.3) is 11.1 Å². The van der Waals surface area contributed by atoms with Crippen LogP contribution in [0.1, 0.15) is 25.5 Å². The van der Waals surface area contributed by atoms with Crippen molar-refractivity contribution >= 4 is 11.1 Å². The fourth-order valence-electron chi connectivity index (χ4n) is 1.27. The van der Waals surface area contributed by atoms with E-state index in [1.165, 1.54) is 0 Å². The molecule has 0 saturated carbocycles. The summed E-state index contributed by atoms with van der Waals surface area (Å²) in [5.74, 6) is 0.410. The van der Waals surface area contributed by atoms with Gasteiger partial charge in [-0.15, -0.1) is 0 Å². The Morgan fingerprint density at radius 3 is 2.92 bits per heavy atom. The minimum absolute atomic E-state index is 0.410. The Labute approximate surface area is 70.4 Å². The molecule has 12 heavy (non-hydrogen) atoms. The van der Waals surface area contributed by atoms with Gasteiger partial charge in [-0.25, -0.2) is 9.97 Å². The SMILES string of the molecule is CC(C)c1ncnc2occc12. The predicted molar refractivity (Wildman–Crippen MR) is 45.9 cm³/mol. The van der Waals surface area contributed by atoms with Crippen molar-refractivity contribution < 1.29 is 4.42 Å². The quantitative estimate of drug-likeness (QED) is 0.646. The van der Waals surface area contributed by atoms with Crippen LogP contribution in [0.15, 0.2) is 23.1 Å². The summed E-state index contributed by atoms with van der Waals surface area (Å²) in [6, 6.07) is 1.91. The third-order valence-corrected chi connectivity index (χ3v) is 1.84. The molecule has 0 aromatic carbocycles. The third kappa shape index (κ3) is 0.978. The highest BCUT2D eigenvalue weighted by Gasteiger charge is 2.08. The second-order valence-electron chi connectivity index (χ2n) is 3.05. The molecule has 3 heteroatoms. The molecule has 0 N–H and O–H groups in total. The summed E-state index contributed by atoms with van der Waals surface area (Å²) in [4.78, 5) is 8.21. The highest BCUT2D eigenvalue weighted by atomic mass is 16.3. The Bertz CT molecular complexity index is 392. The largest absolute Gasteiger partial charge is 0.446 e. The zero-order chi connectivity index (χ0) is 8.55. The molecule has 0 aliphatic rings. The molecule has 2 aromatic heterocycles. The smallest absolute Gasteiger partial charge is 0.229 e. The van der Waals surface area contributed by atoms with Crippen LogP contribution in [-0.4, -0.2) is 9.97 Å². The summed E-state index contributed by atoms with van der Waals surface area (Å²) in [5.41, 5.74) is 1.72. The van der Waals surface area contributed by atoms with Crippen LogP contribution < -0.4 is 0 Å². The van der Waals surface area contributed by atoms with Crippen molar-refractivity contribution in [1.29, 1.82) is 0 Å². The van der Waals surface area contributed by atoms with Gasteiger partial charge in [0, 0.05) is 0 Å². The zero-order valence-electron chi connectivity index (χ0n) is 7.11. The molecule has 2 heterocycles. The summed E-state index contributed by atoms with van der Waals surface area (Å²) in [6.07, 6.45) is 3.19. The lowest BCUT2D eigenvalue weighted by Crippen LogP contribution is -1.93. The van der Waals surface area contributed by atoms with E-state index in [0.717, 1.165) is 11.1 Å². The van der Waals surface area contributed by atoms with Gasteiger partial charge in [0.1, 0.15) is 6.33 Å². The summed E-state index contributed by atoms with van der Waals surface area (Å²) in [6.45, 7) is 4.21. The molecular weight excluding hydrogens is 152 g/mol. The molecule has 2 aromatic rings. The van der Waals surface area contributed by atoms with Crippen molar-refractivity contribution in [2.45, 2.75) is 19.8 Å². The first-order valence-corrected chi connectivity index (χ1v) is 3.97. The molecule has 0 spiro atoms. The summed E-state index contributed by atoms with van der Waals surface area (Å²) in [5, 5.41) is 1.02. The standard InChI is InChI=1S/C9H10N2O/c1-6(2)8-7-3-4-12-9(7)11-5-10-8/h3-6H,1-2H3. The minimum atomic E-state index is 0.410. The average molecular weight is 162 g/mol. The topological polar surface area (TPSA) is 38.9 Å². The van der Waals surface area contributed by atoms with E-state index in [1.54, 1.807) is 12.6 Å². The van der Waals surface area contributed by atoms with Gasteiger partial charge in [-0.1, -0.05) is 13.8 Å². The number of aromatic nitrogens is 2. The maximum absolute atomic E-state index is 5.16. The second-order valence-corrected chi connectivity index (χ2v) is 3.05. The molecule has 0 fully saturated rings. The molecular formula is C9H10N2O. The fraction of sp³-hybridized carbons (Fsp3) is 0.333. The van der Waals surface area contributed by atoms with Crippen LogP contribution in [0.2, 0.25) is 0 Å². The first kappa shape index (κ1) is 7.28. The first-order chi connectivity index (χ1) is 5.79. The van der Waals surface area contributed by atoms with E-state index < -0.39 is 0 Å². The Hall–Kier alpha value is -1.38. The number of nitrogens with zero attached hydrogens (tertiary/aromatic N) is 2. The van der Waals surface area contributed by atoms with Crippen LogP contribution in [0.3, 0.4) is 0 Å². The molecule has 62 valence electrons. The number of rotatable bonds is 1. The van der Waals surface area contributed by atoms with E-state index in [9.17, 15) is 0 Å². The van der Waals surface area contributed by atoms with E-state index in [4.69, 9.17) is 4.42 Å². The Morgan fingerprint density at radius 2 is 2.17 bits per heavy atom. The Morgan fingerprint density at radius 1 is 1.33 bits per heavy atom. The molecule has 3 nitrogen and oxygen atoms in total. The van der Waals surface area contributed by atoms with Gasteiger partial charge < -0.3 is 4.42 Å². The van der Waals surface area contributed by atoms with Gasteiger partial charge in [-0.3, -0.25) is 0 Å². The molecule has 0 atom stereocenters. The maximum Gasteiger partial charge on any atom is 0.229 e. The molecule has 2 rings (SSSR count). The van der Waals surface area contributed by atoms with Crippen molar-refractivity contribution in [2.75, 3.05) is 0 Å². The number of hydrogen-bond donors (Lipinski definition) is 0. The Balaban J connectivity index is 2.73. The van der Waals surface area contributed by atoms with E-state index in [-0.39, 0.29) is 0 Å². The van der Waals surface area contributed by atoms with Gasteiger partial charge >= 0.3 is 0 Å². The van der Waals surface area contributed by atoms with Crippen LogP contribution in [0, 0.1) is 0 Å². The fourth-order valence-corrected chi connectivity index (χ4v) is 1.27. The molecule has 0 saturated heterocycles. The number of furan rings is 1. The second kappa shape index (κ2) is 2.59. The van der Waals surface area contributed by atoms with E-state index in [2.05, 4.69) is 23.8 Å². The van der Waals surface area contributed by atoms with Crippen LogP contribution in [0.4, 0.5) is 0 Å². The third-order valence-electron chi connectivity index (χ3n) is 1.84. The van der Waals surface area contributed by atoms with Crippen LogP contribution >= 0.6 is 0 Å². The highest BCUT2D eigenvalue weighted by Crippen LogP contribution is 2.21. The Kier molecular flexibility index (Phi) is 1.57. The number of hydrogen-bond acceptors (Lipinski definition) is 3. The first-order valence-electron chi connectivity index (χ1n) is 3.97. The zero-order valence-corrected chi connectivity index (χ0v) is 7.11. The molecule has 0 bridgehead atoms. The van der Waals surface area contributed by atoms with Gasteiger partial charge in [0.2, 0.25) is 5.71 Å². The number of fused-ring (bicyclic) bond motifs is 1. The van der Waals surface area contributed by atoms with E-state index in [0.29, 0.717) is 11.6 Å². The van der Waals surface area contributed by atoms with Crippen LogP contribution in [-0.2, 0) is 0 Å². The minimum Gasteiger partial charge on any atom is -0.446 e.